The first-order valence-corrected chi connectivity index (χ1v) is 8.05. The fourth-order valence-corrected chi connectivity index (χ4v) is 3.77. The molecule has 0 heterocycles. The van der Waals surface area contributed by atoms with Gasteiger partial charge in [0.2, 0.25) is 5.91 Å². The molecule has 1 amide bonds. The van der Waals surface area contributed by atoms with Gasteiger partial charge in [-0.25, -0.2) is 0 Å². The summed E-state index contributed by atoms with van der Waals surface area (Å²) in [5, 5.41) is 3.01. The van der Waals surface area contributed by atoms with E-state index in [0.717, 1.165) is 10.0 Å². The molecule has 2 atom stereocenters. The summed E-state index contributed by atoms with van der Waals surface area (Å²) in [4.78, 5) is 12.5. The molecule has 1 aliphatic rings. The zero-order valence-electron chi connectivity index (χ0n) is 11.9. The normalized spacial score (nSPS) is 27.8. The van der Waals surface area contributed by atoms with Crippen molar-refractivity contribution in [3.05, 3.63) is 34.3 Å². The van der Waals surface area contributed by atoms with E-state index in [1.807, 2.05) is 52.0 Å². The SMILES string of the molecule is C[C@@H](NC(=O)C1(C)C(C)(C)C1(Cl)Cl)c1ccc(Br)cc1. The number of benzene rings is 1. The molecular weight excluding hydrogens is 361 g/mol. The molecule has 1 fully saturated rings. The molecule has 0 saturated heterocycles. The van der Waals surface area contributed by atoms with Gasteiger partial charge in [0, 0.05) is 9.89 Å². The van der Waals surface area contributed by atoms with Gasteiger partial charge in [-0.3, -0.25) is 4.79 Å². The van der Waals surface area contributed by atoms with Crippen molar-refractivity contribution in [1.82, 2.24) is 5.32 Å². The lowest BCUT2D eigenvalue weighted by molar-refractivity contribution is -0.127. The lowest BCUT2D eigenvalue weighted by atomic mass is 9.96. The Balaban J connectivity index is 2.12. The van der Waals surface area contributed by atoms with E-state index in [-0.39, 0.29) is 11.9 Å². The number of amides is 1. The molecule has 0 spiro atoms. The monoisotopic (exact) mass is 377 g/mol. The Kier molecular flexibility index (Phi) is 3.94. The van der Waals surface area contributed by atoms with E-state index in [9.17, 15) is 4.79 Å². The van der Waals surface area contributed by atoms with Crippen LogP contribution in [-0.4, -0.2) is 10.2 Å². The average Bonchev–Trinajstić information content (AvgIpc) is 2.68. The van der Waals surface area contributed by atoms with Crippen molar-refractivity contribution in [2.75, 3.05) is 0 Å². The first-order chi connectivity index (χ1) is 9.05. The molecular formula is C15H18BrCl2NO. The summed E-state index contributed by atoms with van der Waals surface area (Å²) in [6.45, 7) is 7.59. The third-order valence-electron chi connectivity index (χ3n) is 4.77. The van der Waals surface area contributed by atoms with Crippen molar-refractivity contribution in [2.24, 2.45) is 10.8 Å². The minimum atomic E-state index is -1.02. The summed E-state index contributed by atoms with van der Waals surface area (Å²) in [6, 6.07) is 7.77. The Morgan fingerprint density at radius 2 is 1.65 bits per heavy atom. The standard InChI is InChI=1S/C15H18BrCl2NO/c1-9(10-5-7-11(16)8-6-10)19-12(20)14(4)13(2,3)15(14,17)18/h5-9H,1-4H3,(H,19,20)/t9-,14?/m1/s1. The van der Waals surface area contributed by atoms with Crippen LogP contribution in [0.4, 0.5) is 0 Å². The number of carbonyl (C=O) groups excluding carboxylic acids is 1. The number of carbonyl (C=O) groups is 1. The van der Waals surface area contributed by atoms with E-state index >= 15 is 0 Å². The minimum absolute atomic E-state index is 0.0899. The number of rotatable bonds is 3. The maximum atomic E-state index is 12.5. The molecule has 2 rings (SSSR count). The van der Waals surface area contributed by atoms with E-state index in [1.54, 1.807) is 0 Å². The molecule has 20 heavy (non-hydrogen) atoms. The highest BCUT2D eigenvalue weighted by molar-refractivity contribution is 9.10. The highest BCUT2D eigenvalue weighted by atomic mass is 79.9. The highest BCUT2D eigenvalue weighted by Gasteiger charge is 2.83. The van der Waals surface area contributed by atoms with E-state index < -0.39 is 15.2 Å². The Morgan fingerprint density at radius 3 is 2.05 bits per heavy atom. The second kappa shape index (κ2) is 4.89. The van der Waals surface area contributed by atoms with Crippen LogP contribution in [0.15, 0.2) is 28.7 Å². The molecule has 0 bridgehead atoms. The van der Waals surface area contributed by atoms with Crippen LogP contribution >= 0.6 is 39.1 Å². The fourth-order valence-electron chi connectivity index (χ4n) is 2.57. The third-order valence-corrected chi connectivity index (χ3v) is 7.00. The van der Waals surface area contributed by atoms with Crippen molar-refractivity contribution in [3.8, 4) is 0 Å². The van der Waals surface area contributed by atoms with Gasteiger partial charge >= 0.3 is 0 Å². The summed E-state index contributed by atoms with van der Waals surface area (Å²) in [7, 11) is 0. The predicted molar refractivity (Wildman–Crippen MR) is 87.0 cm³/mol. The highest BCUT2D eigenvalue weighted by Crippen LogP contribution is 2.77. The Hall–Kier alpha value is -0.250. The molecule has 1 saturated carbocycles. The van der Waals surface area contributed by atoms with Gasteiger partial charge in [0.1, 0.15) is 4.33 Å². The van der Waals surface area contributed by atoms with Gasteiger partial charge in [-0.05, 0) is 31.5 Å². The third kappa shape index (κ3) is 2.10. The van der Waals surface area contributed by atoms with E-state index in [2.05, 4.69) is 21.2 Å². The summed E-state index contributed by atoms with van der Waals surface area (Å²) < 4.78 is -0.0145. The molecule has 1 aromatic carbocycles. The molecule has 1 aromatic rings. The summed E-state index contributed by atoms with van der Waals surface area (Å²) in [6.07, 6.45) is 0. The van der Waals surface area contributed by atoms with Gasteiger partial charge < -0.3 is 5.32 Å². The Bertz CT molecular complexity index is 525. The Labute approximate surface area is 138 Å². The van der Waals surface area contributed by atoms with Gasteiger partial charge in [-0.15, -0.1) is 0 Å². The molecule has 5 heteroatoms. The van der Waals surface area contributed by atoms with Crippen molar-refractivity contribution in [1.29, 1.82) is 0 Å². The molecule has 2 nitrogen and oxygen atoms in total. The number of hydrogen-bond donors (Lipinski definition) is 1. The zero-order valence-corrected chi connectivity index (χ0v) is 15.0. The molecule has 110 valence electrons. The lowest BCUT2D eigenvalue weighted by Crippen LogP contribution is -2.36. The fraction of sp³-hybridized carbons (Fsp3) is 0.533. The smallest absolute Gasteiger partial charge is 0.230 e. The largest absolute Gasteiger partial charge is 0.349 e. The van der Waals surface area contributed by atoms with Gasteiger partial charge in [0.15, 0.2) is 0 Å². The van der Waals surface area contributed by atoms with Gasteiger partial charge in [0.05, 0.1) is 11.5 Å². The number of nitrogens with one attached hydrogen (secondary N) is 1. The average molecular weight is 379 g/mol. The second-order valence-electron chi connectivity index (χ2n) is 6.07. The molecule has 1 N–H and O–H groups in total. The quantitative estimate of drug-likeness (QED) is 0.748. The zero-order chi connectivity index (χ0) is 15.3. The van der Waals surface area contributed by atoms with Crippen molar-refractivity contribution >= 4 is 45.0 Å². The lowest BCUT2D eigenvalue weighted by Gasteiger charge is -2.19. The van der Waals surface area contributed by atoms with E-state index in [0.29, 0.717) is 0 Å². The van der Waals surface area contributed by atoms with E-state index in [1.165, 1.54) is 0 Å². The van der Waals surface area contributed by atoms with Crippen LogP contribution in [0.2, 0.25) is 0 Å². The summed E-state index contributed by atoms with van der Waals surface area (Å²) in [5.74, 6) is -0.108. The van der Waals surface area contributed by atoms with Crippen LogP contribution in [0, 0.1) is 10.8 Å². The minimum Gasteiger partial charge on any atom is -0.349 e. The van der Waals surface area contributed by atoms with Gasteiger partial charge in [-0.2, -0.15) is 0 Å². The number of hydrogen-bond acceptors (Lipinski definition) is 1. The number of alkyl halides is 2. The van der Waals surface area contributed by atoms with Crippen molar-refractivity contribution in [3.63, 3.8) is 0 Å². The van der Waals surface area contributed by atoms with Gasteiger partial charge in [0.25, 0.3) is 0 Å². The summed E-state index contributed by atoms with van der Waals surface area (Å²) >= 11 is 16.0. The number of halogens is 3. The van der Waals surface area contributed by atoms with Gasteiger partial charge in [-0.1, -0.05) is 65.1 Å². The van der Waals surface area contributed by atoms with Crippen LogP contribution < -0.4 is 5.32 Å². The van der Waals surface area contributed by atoms with Crippen molar-refractivity contribution in [2.45, 2.75) is 38.1 Å². The summed E-state index contributed by atoms with van der Waals surface area (Å²) in [5.41, 5.74) is -0.169. The predicted octanol–water partition coefficient (Wildman–Crippen LogP) is 4.85. The molecule has 1 aliphatic carbocycles. The topological polar surface area (TPSA) is 29.1 Å². The first kappa shape index (κ1) is 16.1. The van der Waals surface area contributed by atoms with Crippen LogP contribution in [0.5, 0.6) is 0 Å². The Morgan fingerprint density at radius 1 is 1.20 bits per heavy atom. The van der Waals surface area contributed by atoms with E-state index in [4.69, 9.17) is 23.2 Å². The molecule has 0 radical (unpaired) electrons. The maximum absolute atomic E-state index is 12.5. The molecule has 1 unspecified atom stereocenters. The van der Waals surface area contributed by atoms with Crippen molar-refractivity contribution < 1.29 is 4.79 Å². The second-order valence-corrected chi connectivity index (χ2v) is 8.31. The first-order valence-electron chi connectivity index (χ1n) is 6.50. The van der Waals surface area contributed by atoms with Crippen LogP contribution in [-0.2, 0) is 4.79 Å². The van der Waals surface area contributed by atoms with Crippen LogP contribution in [0.25, 0.3) is 0 Å². The molecule has 0 aromatic heterocycles. The van der Waals surface area contributed by atoms with Crippen LogP contribution in [0.3, 0.4) is 0 Å². The van der Waals surface area contributed by atoms with Crippen LogP contribution in [0.1, 0.15) is 39.3 Å². The molecule has 0 aliphatic heterocycles. The maximum Gasteiger partial charge on any atom is 0.230 e.